The molecule has 3 heterocycles. The summed E-state index contributed by atoms with van der Waals surface area (Å²) >= 11 is 0. The van der Waals surface area contributed by atoms with Crippen molar-refractivity contribution in [3.05, 3.63) is 23.9 Å². The minimum absolute atomic E-state index is 0.137. The molecule has 2 atom stereocenters. The second-order valence-electron chi connectivity index (χ2n) is 7.91. The van der Waals surface area contributed by atoms with Crippen molar-refractivity contribution in [1.29, 1.82) is 0 Å². The zero-order valence-electron chi connectivity index (χ0n) is 16.4. The second kappa shape index (κ2) is 7.79. The van der Waals surface area contributed by atoms with E-state index in [1.54, 1.807) is 12.1 Å². The van der Waals surface area contributed by atoms with Gasteiger partial charge in [0, 0.05) is 35.7 Å². The maximum atomic E-state index is 12.8. The van der Waals surface area contributed by atoms with Gasteiger partial charge in [-0.05, 0) is 57.4 Å². The van der Waals surface area contributed by atoms with Gasteiger partial charge in [-0.3, -0.25) is 9.89 Å². The molecule has 8 nitrogen and oxygen atoms in total. The Balaban J connectivity index is 1.43. The first-order valence-corrected chi connectivity index (χ1v) is 10.1. The molecule has 0 saturated carbocycles. The van der Waals surface area contributed by atoms with Gasteiger partial charge in [0.2, 0.25) is 0 Å². The van der Waals surface area contributed by atoms with Crippen molar-refractivity contribution in [2.75, 3.05) is 18.9 Å². The molecule has 2 aromatic rings. The van der Waals surface area contributed by atoms with Gasteiger partial charge in [-0.25, -0.2) is 4.79 Å². The monoisotopic (exact) mass is 384 g/mol. The molecule has 2 unspecified atom stereocenters. The number of fused-ring (bicyclic) bond motifs is 3. The van der Waals surface area contributed by atoms with Crippen LogP contribution in [0.1, 0.15) is 49.5 Å². The molecule has 2 saturated heterocycles. The molecule has 28 heavy (non-hydrogen) atoms. The molecule has 0 aliphatic carbocycles. The van der Waals surface area contributed by atoms with E-state index in [1.165, 1.54) is 12.8 Å². The molecule has 2 fully saturated rings. The minimum atomic E-state index is -0.240. The Morgan fingerprint density at radius 2 is 2.00 bits per heavy atom. The van der Waals surface area contributed by atoms with Gasteiger partial charge in [-0.15, -0.1) is 0 Å². The summed E-state index contributed by atoms with van der Waals surface area (Å²) in [6.07, 6.45) is 5.33. The summed E-state index contributed by atoms with van der Waals surface area (Å²) in [6, 6.07) is 6.52. The lowest BCUT2D eigenvalue weighted by Crippen LogP contribution is -2.48. The molecule has 2 bridgehead atoms. The van der Waals surface area contributed by atoms with Crippen LogP contribution in [-0.4, -0.2) is 58.8 Å². The summed E-state index contributed by atoms with van der Waals surface area (Å²) < 4.78 is 0. The topological polar surface area (TPSA) is 102 Å². The Hall–Kier alpha value is -2.61. The van der Waals surface area contributed by atoms with Crippen LogP contribution in [0.25, 0.3) is 10.9 Å². The lowest BCUT2D eigenvalue weighted by atomic mass is 9.98. The number of carbonyl (C=O) groups is 2. The van der Waals surface area contributed by atoms with E-state index in [0.717, 1.165) is 30.2 Å². The van der Waals surface area contributed by atoms with Gasteiger partial charge in [0.15, 0.2) is 5.69 Å². The largest absolute Gasteiger partial charge is 0.348 e. The van der Waals surface area contributed by atoms with E-state index < -0.39 is 0 Å². The molecule has 4 rings (SSSR count). The van der Waals surface area contributed by atoms with Gasteiger partial charge in [-0.2, -0.15) is 5.10 Å². The quantitative estimate of drug-likeness (QED) is 0.636. The summed E-state index contributed by atoms with van der Waals surface area (Å²) in [5, 5.41) is 16.6. The standard InChI is InChI=1S/C20H28N6O2/c1-3-8-21-20(28)23-12-4-7-16-17(11-12)24-25-18(16)19(27)22-13-9-14-5-6-15(10-13)26(14)2/h4,7,11,13-15H,3,5-6,8-10H2,1-2H3,(H,22,27)(H,24,25)(H2,21,23,28). The number of nitrogens with zero attached hydrogens (tertiary/aromatic N) is 2. The molecule has 1 aromatic heterocycles. The molecule has 8 heteroatoms. The van der Waals surface area contributed by atoms with Crippen LogP contribution in [0.4, 0.5) is 10.5 Å². The van der Waals surface area contributed by atoms with Gasteiger partial charge in [0.05, 0.1) is 5.52 Å². The normalized spacial score (nSPS) is 24.3. The number of hydrogen-bond donors (Lipinski definition) is 4. The number of urea groups is 1. The number of H-pyrrole nitrogens is 1. The lowest BCUT2D eigenvalue weighted by molar-refractivity contribution is 0.0879. The fourth-order valence-electron chi connectivity index (χ4n) is 4.47. The SMILES string of the molecule is CCCNC(=O)Nc1ccc2c(C(=O)NC3CC4CCC(C3)N4C)n[nH]c2c1. The number of nitrogens with one attached hydrogen (secondary N) is 4. The third-order valence-corrected chi connectivity index (χ3v) is 6.00. The van der Waals surface area contributed by atoms with Gasteiger partial charge in [0.1, 0.15) is 0 Å². The summed E-state index contributed by atoms with van der Waals surface area (Å²) in [4.78, 5) is 27.1. The third kappa shape index (κ3) is 3.69. The van der Waals surface area contributed by atoms with Crippen molar-refractivity contribution in [3.63, 3.8) is 0 Å². The van der Waals surface area contributed by atoms with Crippen LogP contribution in [-0.2, 0) is 0 Å². The van der Waals surface area contributed by atoms with Crippen LogP contribution in [0.15, 0.2) is 18.2 Å². The Kier molecular flexibility index (Phi) is 5.21. The van der Waals surface area contributed by atoms with Gasteiger partial charge in [-0.1, -0.05) is 6.92 Å². The van der Waals surface area contributed by atoms with E-state index in [2.05, 4.69) is 38.1 Å². The minimum Gasteiger partial charge on any atom is -0.348 e. The van der Waals surface area contributed by atoms with Crippen molar-refractivity contribution in [2.24, 2.45) is 0 Å². The molecule has 3 amide bonds. The molecule has 4 N–H and O–H groups in total. The van der Waals surface area contributed by atoms with Crippen LogP contribution < -0.4 is 16.0 Å². The zero-order chi connectivity index (χ0) is 19.7. The summed E-state index contributed by atoms with van der Waals surface area (Å²) in [5.41, 5.74) is 1.79. The smallest absolute Gasteiger partial charge is 0.319 e. The van der Waals surface area contributed by atoms with Crippen molar-refractivity contribution in [2.45, 2.75) is 57.2 Å². The van der Waals surface area contributed by atoms with Gasteiger partial charge in [0.25, 0.3) is 5.91 Å². The van der Waals surface area contributed by atoms with Crippen molar-refractivity contribution in [1.82, 2.24) is 25.7 Å². The number of benzene rings is 1. The van der Waals surface area contributed by atoms with Crippen LogP contribution in [0, 0.1) is 0 Å². The summed E-state index contributed by atoms with van der Waals surface area (Å²) in [6.45, 7) is 2.63. The number of carbonyl (C=O) groups excluding carboxylic acids is 2. The van der Waals surface area contributed by atoms with Crippen LogP contribution in [0.5, 0.6) is 0 Å². The lowest BCUT2D eigenvalue weighted by Gasteiger charge is -2.36. The predicted octanol–water partition coefficient (Wildman–Crippen LogP) is 2.45. The molecule has 0 spiro atoms. The number of aromatic nitrogens is 2. The Morgan fingerprint density at radius 1 is 1.25 bits per heavy atom. The first-order chi connectivity index (χ1) is 13.5. The number of aromatic amines is 1. The maximum absolute atomic E-state index is 12.8. The molecule has 1 aromatic carbocycles. The molecular formula is C20H28N6O2. The molecule has 2 aliphatic heterocycles. The predicted molar refractivity (Wildman–Crippen MR) is 108 cm³/mol. The Morgan fingerprint density at radius 3 is 2.71 bits per heavy atom. The molecular weight excluding hydrogens is 356 g/mol. The Labute approximate surface area is 164 Å². The van der Waals surface area contributed by atoms with E-state index >= 15 is 0 Å². The summed E-state index contributed by atoms with van der Waals surface area (Å²) in [7, 11) is 2.19. The van der Waals surface area contributed by atoms with Crippen LogP contribution >= 0.6 is 0 Å². The first kappa shape index (κ1) is 18.7. The maximum Gasteiger partial charge on any atom is 0.319 e. The van der Waals surface area contributed by atoms with Crippen molar-refractivity contribution in [3.8, 4) is 0 Å². The number of hydrogen-bond acceptors (Lipinski definition) is 4. The van der Waals surface area contributed by atoms with Gasteiger partial charge >= 0.3 is 6.03 Å². The van der Waals surface area contributed by atoms with Crippen LogP contribution in [0.3, 0.4) is 0 Å². The highest BCUT2D eigenvalue weighted by molar-refractivity contribution is 6.05. The van der Waals surface area contributed by atoms with Crippen molar-refractivity contribution < 1.29 is 9.59 Å². The van der Waals surface area contributed by atoms with E-state index in [0.29, 0.717) is 30.0 Å². The highest BCUT2D eigenvalue weighted by Gasteiger charge is 2.39. The first-order valence-electron chi connectivity index (χ1n) is 10.1. The summed E-state index contributed by atoms with van der Waals surface area (Å²) in [5.74, 6) is -0.137. The average Bonchev–Trinajstić information content (AvgIpc) is 3.16. The number of anilines is 1. The highest BCUT2D eigenvalue weighted by atomic mass is 16.2. The number of amides is 3. The van der Waals surface area contributed by atoms with E-state index in [-0.39, 0.29) is 18.0 Å². The highest BCUT2D eigenvalue weighted by Crippen LogP contribution is 2.34. The van der Waals surface area contributed by atoms with E-state index in [4.69, 9.17) is 0 Å². The third-order valence-electron chi connectivity index (χ3n) is 6.00. The zero-order valence-corrected chi connectivity index (χ0v) is 16.4. The van der Waals surface area contributed by atoms with Crippen molar-refractivity contribution >= 4 is 28.5 Å². The second-order valence-corrected chi connectivity index (χ2v) is 7.91. The Bertz CT molecular complexity index is 865. The molecule has 0 radical (unpaired) electrons. The number of rotatable bonds is 5. The molecule has 2 aliphatic rings. The van der Waals surface area contributed by atoms with E-state index in [1.807, 2.05) is 13.0 Å². The average molecular weight is 384 g/mol. The van der Waals surface area contributed by atoms with E-state index in [9.17, 15) is 9.59 Å². The molecule has 150 valence electrons. The fraction of sp³-hybridized carbons (Fsp3) is 0.550. The van der Waals surface area contributed by atoms with Gasteiger partial charge < -0.3 is 20.9 Å². The fourth-order valence-corrected chi connectivity index (χ4v) is 4.47. The number of piperidine rings is 1. The van der Waals surface area contributed by atoms with Crippen LogP contribution in [0.2, 0.25) is 0 Å².